The summed E-state index contributed by atoms with van der Waals surface area (Å²) in [5.74, 6) is -0.279. The van der Waals surface area contributed by atoms with Gasteiger partial charge in [-0.05, 0) is 18.4 Å². The lowest BCUT2D eigenvalue weighted by atomic mass is 10.0. The summed E-state index contributed by atoms with van der Waals surface area (Å²) in [5, 5.41) is 17.7. The number of nitrogens with one attached hydrogen (secondary N) is 2. The number of anilines is 2. The Balaban J connectivity index is 1.44. The topological polar surface area (TPSA) is 129 Å². The van der Waals surface area contributed by atoms with Crippen molar-refractivity contribution in [3.05, 3.63) is 71.8 Å². The fourth-order valence-corrected chi connectivity index (χ4v) is 4.33. The summed E-state index contributed by atoms with van der Waals surface area (Å²) in [5.41, 5.74) is 10.2. The van der Waals surface area contributed by atoms with Gasteiger partial charge in [-0.15, -0.1) is 0 Å². The van der Waals surface area contributed by atoms with E-state index in [1.54, 1.807) is 29.5 Å². The van der Waals surface area contributed by atoms with Crippen molar-refractivity contribution in [2.24, 2.45) is 5.73 Å². The summed E-state index contributed by atoms with van der Waals surface area (Å²) < 4.78 is 1.73. The van der Waals surface area contributed by atoms with Crippen LogP contribution in [-0.2, 0) is 6.54 Å². The van der Waals surface area contributed by atoms with E-state index in [1.807, 2.05) is 30.3 Å². The van der Waals surface area contributed by atoms with Crippen molar-refractivity contribution in [1.82, 2.24) is 19.7 Å². The van der Waals surface area contributed by atoms with Gasteiger partial charge in [0.1, 0.15) is 11.7 Å². The van der Waals surface area contributed by atoms with Crippen LogP contribution >= 0.6 is 0 Å². The van der Waals surface area contributed by atoms with Gasteiger partial charge in [0.25, 0.3) is 5.91 Å². The van der Waals surface area contributed by atoms with Crippen LogP contribution in [0.1, 0.15) is 34.3 Å². The highest BCUT2D eigenvalue weighted by atomic mass is 16.1. The number of piperidine rings is 1. The normalized spacial score (nSPS) is 16.0. The van der Waals surface area contributed by atoms with Crippen LogP contribution in [0.4, 0.5) is 11.4 Å². The molecule has 3 aromatic heterocycles. The average Bonchev–Trinajstić information content (AvgIpc) is 3.46. The van der Waals surface area contributed by atoms with Gasteiger partial charge in [0.2, 0.25) is 0 Å². The Bertz CT molecular complexity index is 1330. The zero-order valence-electron chi connectivity index (χ0n) is 18.0. The van der Waals surface area contributed by atoms with E-state index in [1.165, 1.54) is 0 Å². The van der Waals surface area contributed by atoms with E-state index in [0.29, 0.717) is 40.9 Å². The standard InChI is InChI=1S/C24H24N8O/c25-9-17-10-27-23-21(22(17)31-8-4-7-19(26)15-31)20(12-28-23)30-24(33)18-11-29-32(14-18)13-16-5-2-1-3-6-16/h1-3,5-6,10-12,14,19H,4,7-8,13,15,26H2,(H,27,28)(H,30,33)/t19-/m1/s1. The van der Waals surface area contributed by atoms with Crippen molar-refractivity contribution in [3.8, 4) is 6.07 Å². The maximum absolute atomic E-state index is 13.0. The number of benzene rings is 1. The molecule has 4 aromatic rings. The number of carbonyl (C=O) groups is 1. The van der Waals surface area contributed by atoms with Gasteiger partial charge < -0.3 is 20.9 Å². The van der Waals surface area contributed by atoms with E-state index in [4.69, 9.17) is 5.73 Å². The molecule has 1 saturated heterocycles. The van der Waals surface area contributed by atoms with Crippen LogP contribution in [0.2, 0.25) is 0 Å². The lowest BCUT2D eigenvalue weighted by Crippen LogP contribution is -2.43. The van der Waals surface area contributed by atoms with Crippen molar-refractivity contribution >= 4 is 28.3 Å². The molecule has 9 heteroatoms. The van der Waals surface area contributed by atoms with Crippen LogP contribution in [0.5, 0.6) is 0 Å². The third-order valence-corrected chi connectivity index (χ3v) is 5.90. The molecule has 1 amide bonds. The number of rotatable bonds is 5. The minimum absolute atomic E-state index is 0.0425. The largest absolute Gasteiger partial charge is 0.368 e. The van der Waals surface area contributed by atoms with Crippen LogP contribution in [0.15, 0.2) is 55.1 Å². The molecule has 9 nitrogen and oxygen atoms in total. The molecular weight excluding hydrogens is 416 g/mol. The fraction of sp³-hybridized carbons (Fsp3) is 0.250. The van der Waals surface area contributed by atoms with Crippen LogP contribution in [0, 0.1) is 11.3 Å². The van der Waals surface area contributed by atoms with Crippen molar-refractivity contribution < 1.29 is 4.79 Å². The van der Waals surface area contributed by atoms with E-state index in [2.05, 4.69) is 31.4 Å². The highest BCUT2D eigenvalue weighted by molar-refractivity contribution is 6.11. The van der Waals surface area contributed by atoms with Crippen LogP contribution in [-0.4, -0.2) is 44.8 Å². The Morgan fingerprint density at radius 1 is 1.30 bits per heavy atom. The van der Waals surface area contributed by atoms with Gasteiger partial charge in [-0.2, -0.15) is 10.4 Å². The van der Waals surface area contributed by atoms with E-state index < -0.39 is 0 Å². The van der Waals surface area contributed by atoms with E-state index in [9.17, 15) is 10.1 Å². The second-order valence-corrected chi connectivity index (χ2v) is 8.27. The number of pyridine rings is 1. The summed E-state index contributed by atoms with van der Waals surface area (Å²) in [6.45, 7) is 2.03. The second-order valence-electron chi connectivity index (χ2n) is 8.27. The number of fused-ring (bicyclic) bond motifs is 1. The summed E-state index contributed by atoms with van der Waals surface area (Å²) >= 11 is 0. The Morgan fingerprint density at radius 3 is 2.94 bits per heavy atom. The number of hydrogen-bond donors (Lipinski definition) is 3. The Labute approximate surface area is 190 Å². The number of carbonyl (C=O) groups excluding carboxylic acids is 1. The molecule has 0 spiro atoms. The molecule has 33 heavy (non-hydrogen) atoms. The van der Waals surface area contributed by atoms with Gasteiger partial charge in [-0.25, -0.2) is 4.98 Å². The maximum Gasteiger partial charge on any atom is 0.258 e. The van der Waals surface area contributed by atoms with Gasteiger partial charge >= 0.3 is 0 Å². The van der Waals surface area contributed by atoms with Crippen LogP contribution < -0.4 is 16.0 Å². The molecule has 1 aromatic carbocycles. The van der Waals surface area contributed by atoms with Gasteiger partial charge in [0, 0.05) is 37.7 Å². The number of nitrogens with zero attached hydrogens (tertiary/aromatic N) is 5. The number of aromatic nitrogens is 4. The zero-order chi connectivity index (χ0) is 22.8. The predicted molar refractivity (Wildman–Crippen MR) is 126 cm³/mol. The summed E-state index contributed by atoms with van der Waals surface area (Å²) in [6.07, 6.45) is 8.45. The first-order valence-electron chi connectivity index (χ1n) is 10.9. The Kier molecular flexibility index (Phi) is 5.50. The first-order valence-corrected chi connectivity index (χ1v) is 10.9. The monoisotopic (exact) mass is 440 g/mol. The molecule has 0 unspecified atom stereocenters. The van der Waals surface area contributed by atoms with Crippen molar-refractivity contribution in [3.63, 3.8) is 0 Å². The SMILES string of the molecule is N#Cc1cnc2[nH]cc(NC(=O)c3cnn(Cc4ccccc4)c3)c2c1N1CCC[C@@H](N)C1. The number of amides is 1. The van der Waals surface area contributed by atoms with Crippen LogP contribution in [0.3, 0.4) is 0 Å². The molecule has 1 atom stereocenters. The van der Waals surface area contributed by atoms with E-state index in [0.717, 1.165) is 30.6 Å². The van der Waals surface area contributed by atoms with E-state index in [-0.39, 0.29) is 11.9 Å². The number of H-pyrrole nitrogens is 1. The molecule has 166 valence electrons. The third kappa shape index (κ3) is 4.16. The molecule has 0 bridgehead atoms. The van der Waals surface area contributed by atoms with Crippen molar-refractivity contribution in [1.29, 1.82) is 5.26 Å². The Morgan fingerprint density at radius 2 is 2.15 bits per heavy atom. The smallest absolute Gasteiger partial charge is 0.258 e. The third-order valence-electron chi connectivity index (χ3n) is 5.90. The molecular formula is C24H24N8O. The summed E-state index contributed by atoms with van der Waals surface area (Å²) in [4.78, 5) is 22.6. The quantitative estimate of drug-likeness (QED) is 0.438. The average molecular weight is 441 g/mol. The molecule has 4 N–H and O–H groups in total. The number of hydrogen-bond acceptors (Lipinski definition) is 6. The number of aromatic amines is 1. The molecule has 1 aliphatic heterocycles. The van der Waals surface area contributed by atoms with Gasteiger partial charge in [-0.3, -0.25) is 9.48 Å². The van der Waals surface area contributed by atoms with E-state index >= 15 is 0 Å². The zero-order valence-corrected chi connectivity index (χ0v) is 18.0. The molecule has 5 rings (SSSR count). The number of nitriles is 1. The molecule has 4 heterocycles. The van der Waals surface area contributed by atoms with Gasteiger partial charge in [-0.1, -0.05) is 30.3 Å². The fourth-order valence-electron chi connectivity index (χ4n) is 4.33. The minimum Gasteiger partial charge on any atom is -0.368 e. The first-order chi connectivity index (χ1) is 16.1. The minimum atomic E-state index is -0.279. The molecule has 0 radical (unpaired) electrons. The van der Waals surface area contributed by atoms with Gasteiger partial charge in [0.15, 0.2) is 0 Å². The lowest BCUT2D eigenvalue weighted by molar-refractivity contribution is 0.102. The van der Waals surface area contributed by atoms with Crippen LogP contribution in [0.25, 0.3) is 11.0 Å². The molecule has 0 saturated carbocycles. The Hall–Kier alpha value is -4.16. The van der Waals surface area contributed by atoms with Crippen molar-refractivity contribution in [2.75, 3.05) is 23.3 Å². The lowest BCUT2D eigenvalue weighted by Gasteiger charge is -2.33. The summed E-state index contributed by atoms with van der Waals surface area (Å²) in [7, 11) is 0. The molecule has 1 aliphatic rings. The highest BCUT2D eigenvalue weighted by Crippen LogP contribution is 2.36. The maximum atomic E-state index is 13.0. The highest BCUT2D eigenvalue weighted by Gasteiger charge is 2.25. The predicted octanol–water partition coefficient (Wildman–Crippen LogP) is 2.86. The molecule has 1 fully saturated rings. The number of nitrogens with two attached hydrogens (primary N) is 1. The second kappa shape index (κ2) is 8.76. The summed E-state index contributed by atoms with van der Waals surface area (Å²) in [6, 6.07) is 12.2. The molecule has 0 aliphatic carbocycles. The first kappa shape index (κ1) is 20.7. The van der Waals surface area contributed by atoms with Crippen molar-refractivity contribution in [2.45, 2.75) is 25.4 Å². The van der Waals surface area contributed by atoms with Gasteiger partial charge in [0.05, 0.1) is 40.6 Å².